The number of nitrogens with zero attached hydrogens (tertiary/aromatic N) is 1. The van der Waals surface area contributed by atoms with Crippen LogP contribution in [0.4, 0.5) is 11.4 Å². The summed E-state index contributed by atoms with van der Waals surface area (Å²) in [6, 6.07) is 28.2. The Kier molecular flexibility index (Phi) is 5.84. The molecule has 0 bridgehead atoms. The molecule has 0 saturated carbocycles. The van der Waals surface area contributed by atoms with Gasteiger partial charge >= 0.3 is 0 Å². The van der Waals surface area contributed by atoms with Gasteiger partial charge in [0.05, 0.1) is 24.2 Å². The Labute approximate surface area is 200 Å². The number of hydrogen-bond donors (Lipinski definition) is 2. The van der Waals surface area contributed by atoms with Crippen LogP contribution in [0.15, 0.2) is 91.0 Å². The number of rotatable bonds is 6. The summed E-state index contributed by atoms with van der Waals surface area (Å²) in [6.07, 6.45) is 0. The van der Waals surface area contributed by atoms with Gasteiger partial charge in [-0.1, -0.05) is 30.3 Å². The molecule has 0 atom stereocenters. The fourth-order valence-electron chi connectivity index (χ4n) is 3.54. The standard InChI is InChI=1S/C27H21N3O3S/c1-32-18-13-11-17(12-14-18)21-16-15-20-24(28)25(34-27(20)30-21)26(31)29-22-9-5-6-10-23(22)33-19-7-3-2-4-8-19/h2-16H,28H2,1H3,(H,29,31). The molecule has 5 rings (SSSR count). The molecular weight excluding hydrogens is 446 g/mol. The van der Waals surface area contributed by atoms with Crippen LogP contribution in [-0.4, -0.2) is 18.0 Å². The molecule has 0 aliphatic rings. The fraction of sp³-hybridized carbons (Fsp3) is 0.0370. The summed E-state index contributed by atoms with van der Waals surface area (Å²) in [5, 5.41) is 3.68. The van der Waals surface area contributed by atoms with Crippen molar-refractivity contribution >= 4 is 38.8 Å². The number of nitrogen functional groups attached to an aromatic ring is 1. The number of benzene rings is 3. The summed E-state index contributed by atoms with van der Waals surface area (Å²) < 4.78 is 11.2. The van der Waals surface area contributed by atoms with E-state index in [1.165, 1.54) is 11.3 Å². The van der Waals surface area contributed by atoms with Crippen LogP contribution in [0.2, 0.25) is 0 Å². The smallest absolute Gasteiger partial charge is 0.268 e. The van der Waals surface area contributed by atoms with Gasteiger partial charge < -0.3 is 20.5 Å². The van der Waals surface area contributed by atoms with Crippen molar-refractivity contribution in [2.24, 2.45) is 0 Å². The Morgan fingerprint density at radius 1 is 0.882 bits per heavy atom. The third-order valence-electron chi connectivity index (χ3n) is 5.29. The number of fused-ring (bicyclic) bond motifs is 1. The third kappa shape index (κ3) is 4.29. The minimum atomic E-state index is -0.310. The molecule has 2 aromatic heterocycles. The van der Waals surface area contributed by atoms with Gasteiger partial charge in [0.15, 0.2) is 5.75 Å². The van der Waals surface area contributed by atoms with Crippen molar-refractivity contribution in [1.82, 2.24) is 4.98 Å². The predicted molar refractivity (Wildman–Crippen MR) is 137 cm³/mol. The van der Waals surface area contributed by atoms with Crippen LogP contribution in [-0.2, 0) is 0 Å². The predicted octanol–water partition coefficient (Wildman–Crippen LogP) is 6.60. The average Bonchev–Trinajstić information content (AvgIpc) is 3.21. The van der Waals surface area contributed by atoms with Gasteiger partial charge in [0.1, 0.15) is 21.2 Å². The number of hydrogen-bond acceptors (Lipinski definition) is 6. The normalized spacial score (nSPS) is 10.7. The lowest BCUT2D eigenvalue weighted by Gasteiger charge is -2.12. The van der Waals surface area contributed by atoms with Gasteiger partial charge in [-0.25, -0.2) is 4.98 Å². The van der Waals surface area contributed by atoms with Crippen molar-refractivity contribution in [2.75, 3.05) is 18.2 Å². The van der Waals surface area contributed by atoms with E-state index >= 15 is 0 Å². The van der Waals surface area contributed by atoms with Crippen LogP contribution < -0.4 is 20.5 Å². The highest BCUT2D eigenvalue weighted by Gasteiger charge is 2.19. The number of pyridine rings is 1. The van der Waals surface area contributed by atoms with E-state index in [2.05, 4.69) is 5.32 Å². The number of nitrogens with two attached hydrogens (primary N) is 1. The summed E-state index contributed by atoms with van der Waals surface area (Å²) in [6.45, 7) is 0. The molecule has 0 aliphatic carbocycles. The maximum absolute atomic E-state index is 13.2. The molecule has 0 saturated heterocycles. The molecule has 3 N–H and O–H groups in total. The number of nitrogens with one attached hydrogen (secondary N) is 1. The zero-order valence-electron chi connectivity index (χ0n) is 18.3. The zero-order valence-corrected chi connectivity index (χ0v) is 19.1. The summed E-state index contributed by atoms with van der Waals surface area (Å²) in [4.78, 5) is 19.0. The first-order valence-corrected chi connectivity index (χ1v) is 11.4. The SMILES string of the molecule is COc1ccc(-c2ccc3c(N)c(C(=O)Nc4ccccc4Oc4ccccc4)sc3n2)cc1. The number of thiophene rings is 1. The van der Waals surface area contributed by atoms with Crippen molar-refractivity contribution in [1.29, 1.82) is 0 Å². The molecule has 34 heavy (non-hydrogen) atoms. The van der Waals surface area contributed by atoms with Gasteiger partial charge in [-0.2, -0.15) is 0 Å². The number of anilines is 2. The molecule has 0 radical (unpaired) electrons. The first kappa shape index (κ1) is 21.5. The van der Waals surface area contributed by atoms with Crippen molar-refractivity contribution in [3.8, 4) is 28.5 Å². The lowest BCUT2D eigenvalue weighted by molar-refractivity contribution is 0.103. The van der Waals surface area contributed by atoms with E-state index in [9.17, 15) is 4.79 Å². The minimum Gasteiger partial charge on any atom is -0.497 e. The number of carbonyl (C=O) groups excluding carboxylic acids is 1. The molecule has 168 valence electrons. The van der Waals surface area contributed by atoms with Crippen LogP contribution in [0.1, 0.15) is 9.67 Å². The van der Waals surface area contributed by atoms with Crippen LogP contribution in [0.25, 0.3) is 21.5 Å². The molecule has 2 heterocycles. The van der Waals surface area contributed by atoms with Gasteiger partial charge in [0, 0.05) is 10.9 Å². The van der Waals surface area contributed by atoms with Gasteiger partial charge in [-0.3, -0.25) is 4.79 Å². The van der Waals surface area contributed by atoms with E-state index in [0.717, 1.165) is 22.4 Å². The van der Waals surface area contributed by atoms with Crippen molar-refractivity contribution in [2.45, 2.75) is 0 Å². The van der Waals surface area contributed by atoms with Gasteiger partial charge in [-0.05, 0) is 60.7 Å². The topological polar surface area (TPSA) is 86.5 Å². The Balaban J connectivity index is 1.42. The van der Waals surface area contributed by atoms with Crippen molar-refractivity contribution in [3.05, 3.63) is 95.9 Å². The van der Waals surface area contributed by atoms with Crippen molar-refractivity contribution in [3.63, 3.8) is 0 Å². The molecule has 7 heteroatoms. The zero-order chi connectivity index (χ0) is 23.5. The summed E-state index contributed by atoms with van der Waals surface area (Å²) in [5.41, 5.74) is 9.06. The number of carbonyl (C=O) groups is 1. The minimum absolute atomic E-state index is 0.310. The summed E-state index contributed by atoms with van der Waals surface area (Å²) in [5.74, 6) is 1.69. The highest BCUT2D eigenvalue weighted by atomic mass is 32.1. The maximum atomic E-state index is 13.2. The first-order chi connectivity index (χ1) is 16.6. The Bertz CT molecular complexity index is 1460. The van der Waals surface area contributed by atoms with E-state index in [0.29, 0.717) is 32.6 Å². The molecule has 0 aliphatic heterocycles. The number of aromatic nitrogens is 1. The summed E-state index contributed by atoms with van der Waals surface area (Å²) in [7, 11) is 1.63. The second-order valence-corrected chi connectivity index (χ2v) is 8.49. The van der Waals surface area contributed by atoms with Crippen LogP contribution in [0, 0.1) is 0 Å². The molecule has 0 fully saturated rings. The molecule has 0 spiro atoms. The number of methoxy groups -OCH3 is 1. The molecule has 3 aromatic carbocycles. The monoisotopic (exact) mass is 467 g/mol. The van der Waals surface area contributed by atoms with E-state index in [-0.39, 0.29) is 5.91 Å². The van der Waals surface area contributed by atoms with Gasteiger partial charge in [-0.15, -0.1) is 11.3 Å². The van der Waals surface area contributed by atoms with Crippen LogP contribution >= 0.6 is 11.3 Å². The molecule has 5 aromatic rings. The lowest BCUT2D eigenvalue weighted by Crippen LogP contribution is -2.12. The maximum Gasteiger partial charge on any atom is 0.268 e. The molecule has 6 nitrogen and oxygen atoms in total. The van der Waals surface area contributed by atoms with E-state index in [1.807, 2.05) is 78.9 Å². The molecule has 1 amide bonds. The Morgan fingerprint density at radius 3 is 2.38 bits per heavy atom. The molecule has 0 unspecified atom stereocenters. The third-order valence-corrected chi connectivity index (χ3v) is 6.41. The van der Waals surface area contributed by atoms with Crippen molar-refractivity contribution < 1.29 is 14.3 Å². The number of para-hydroxylation sites is 3. The average molecular weight is 468 g/mol. The number of ether oxygens (including phenoxy) is 2. The second-order valence-electron chi connectivity index (χ2n) is 7.49. The van der Waals surface area contributed by atoms with Crippen LogP contribution in [0.5, 0.6) is 17.2 Å². The fourth-order valence-corrected chi connectivity index (χ4v) is 4.53. The second kappa shape index (κ2) is 9.25. The molecular formula is C27H21N3O3S. The van der Waals surface area contributed by atoms with Gasteiger partial charge in [0.2, 0.25) is 0 Å². The van der Waals surface area contributed by atoms with E-state index in [1.54, 1.807) is 19.2 Å². The Morgan fingerprint density at radius 2 is 1.62 bits per heavy atom. The quantitative estimate of drug-likeness (QED) is 0.294. The lowest BCUT2D eigenvalue weighted by atomic mass is 10.1. The van der Waals surface area contributed by atoms with E-state index in [4.69, 9.17) is 20.2 Å². The highest BCUT2D eigenvalue weighted by molar-refractivity contribution is 7.21. The van der Waals surface area contributed by atoms with E-state index < -0.39 is 0 Å². The largest absolute Gasteiger partial charge is 0.497 e. The number of amides is 1. The van der Waals surface area contributed by atoms with Crippen LogP contribution in [0.3, 0.4) is 0 Å². The Hall–Kier alpha value is -4.36. The highest BCUT2D eigenvalue weighted by Crippen LogP contribution is 2.36. The first-order valence-electron chi connectivity index (χ1n) is 10.6. The summed E-state index contributed by atoms with van der Waals surface area (Å²) >= 11 is 1.26. The van der Waals surface area contributed by atoms with Gasteiger partial charge in [0.25, 0.3) is 5.91 Å².